The number of anilines is 1. The second-order valence-electron chi connectivity index (χ2n) is 6.35. The minimum Gasteiger partial charge on any atom is -0.327 e. The fourth-order valence-electron chi connectivity index (χ4n) is 3.93. The molecule has 0 radical (unpaired) electrons. The molecule has 8 heteroatoms. The zero-order valence-electron chi connectivity index (χ0n) is 12.8. The van der Waals surface area contributed by atoms with E-state index in [9.17, 15) is 4.79 Å². The highest BCUT2D eigenvalue weighted by Crippen LogP contribution is 2.48. The van der Waals surface area contributed by atoms with Gasteiger partial charge < -0.3 is 11.1 Å². The molecule has 2 saturated carbocycles. The standard InChI is InChI=1S/C16H17ClN4OS.ClH/c17-11-3-1-2-10(7-11)15-20-21-16(23-15)19-14(22)12-8-4-5-9(6-8)13(12)18;/h1-3,7-9,12-13H,4-6,18H2,(H,19,21,22);1H. The summed E-state index contributed by atoms with van der Waals surface area (Å²) >= 11 is 7.35. The number of carbonyl (C=O) groups excluding carboxylic acids is 1. The van der Waals surface area contributed by atoms with Gasteiger partial charge >= 0.3 is 0 Å². The van der Waals surface area contributed by atoms with Crippen LogP contribution >= 0.6 is 35.3 Å². The lowest BCUT2D eigenvalue weighted by Gasteiger charge is -2.26. The van der Waals surface area contributed by atoms with Crippen LogP contribution in [0.25, 0.3) is 10.6 Å². The molecule has 3 N–H and O–H groups in total. The molecule has 128 valence electrons. The molecule has 2 aliphatic carbocycles. The Bertz CT molecular complexity index is 751. The molecular weight excluding hydrogens is 367 g/mol. The highest BCUT2D eigenvalue weighted by molar-refractivity contribution is 7.18. The lowest BCUT2D eigenvalue weighted by Crippen LogP contribution is -2.42. The van der Waals surface area contributed by atoms with Gasteiger partial charge in [0.25, 0.3) is 0 Å². The molecule has 0 spiro atoms. The Hall–Kier alpha value is -1.21. The van der Waals surface area contributed by atoms with Gasteiger partial charge in [-0.3, -0.25) is 4.79 Å². The Morgan fingerprint density at radius 3 is 2.79 bits per heavy atom. The first-order chi connectivity index (χ1) is 11.1. The maximum Gasteiger partial charge on any atom is 0.231 e. The molecule has 2 fully saturated rings. The molecule has 1 heterocycles. The maximum atomic E-state index is 12.5. The SMILES string of the molecule is Cl.NC1C2CCC(C2)C1C(=O)Nc1nnc(-c2cccc(Cl)c2)s1. The quantitative estimate of drug-likeness (QED) is 0.846. The summed E-state index contributed by atoms with van der Waals surface area (Å²) in [6.07, 6.45) is 3.36. The van der Waals surface area contributed by atoms with Crippen molar-refractivity contribution < 1.29 is 4.79 Å². The van der Waals surface area contributed by atoms with E-state index in [0.717, 1.165) is 29.8 Å². The average molecular weight is 385 g/mol. The van der Waals surface area contributed by atoms with Gasteiger partial charge in [0.05, 0.1) is 5.92 Å². The number of hydrogen-bond acceptors (Lipinski definition) is 5. The number of carbonyl (C=O) groups is 1. The second kappa shape index (κ2) is 6.96. The van der Waals surface area contributed by atoms with Gasteiger partial charge in [0, 0.05) is 16.6 Å². The Morgan fingerprint density at radius 1 is 1.29 bits per heavy atom. The minimum absolute atomic E-state index is 0. The molecule has 5 nitrogen and oxygen atoms in total. The molecule has 24 heavy (non-hydrogen) atoms. The van der Waals surface area contributed by atoms with Crippen molar-refractivity contribution >= 4 is 46.4 Å². The Balaban J connectivity index is 0.00000169. The number of rotatable bonds is 3. The molecule has 1 aromatic carbocycles. The molecule has 4 atom stereocenters. The monoisotopic (exact) mass is 384 g/mol. The number of fused-ring (bicyclic) bond motifs is 2. The van der Waals surface area contributed by atoms with Crippen molar-refractivity contribution in [2.75, 3.05) is 5.32 Å². The third kappa shape index (κ3) is 3.16. The summed E-state index contributed by atoms with van der Waals surface area (Å²) in [5.41, 5.74) is 7.12. The minimum atomic E-state index is -0.0905. The zero-order valence-corrected chi connectivity index (χ0v) is 15.2. The molecule has 4 unspecified atom stereocenters. The smallest absolute Gasteiger partial charge is 0.231 e. The fraction of sp³-hybridized carbons (Fsp3) is 0.438. The lowest BCUT2D eigenvalue weighted by atomic mass is 9.84. The van der Waals surface area contributed by atoms with Gasteiger partial charge in [0.1, 0.15) is 5.01 Å². The van der Waals surface area contributed by atoms with Crippen molar-refractivity contribution in [1.29, 1.82) is 0 Å². The molecule has 0 aliphatic heterocycles. The van der Waals surface area contributed by atoms with Crippen LogP contribution in [0.4, 0.5) is 5.13 Å². The molecule has 1 aromatic heterocycles. The van der Waals surface area contributed by atoms with Crippen LogP contribution in [0.5, 0.6) is 0 Å². The van der Waals surface area contributed by atoms with Crippen LogP contribution in [0.3, 0.4) is 0 Å². The van der Waals surface area contributed by atoms with E-state index in [1.165, 1.54) is 11.3 Å². The molecule has 0 saturated heterocycles. The molecule has 2 bridgehead atoms. The Morgan fingerprint density at radius 2 is 2.08 bits per heavy atom. The van der Waals surface area contributed by atoms with E-state index < -0.39 is 0 Å². The van der Waals surface area contributed by atoms with Crippen molar-refractivity contribution in [3.63, 3.8) is 0 Å². The van der Waals surface area contributed by atoms with E-state index in [2.05, 4.69) is 15.5 Å². The van der Waals surface area contributed by atoms with Gasteiger partial charge in [-0.15, -0.1) is 22.6 Å². The fourth-order valence-corrected chi connectivity index (χ4v) is 4.86. The van der Waals surface area contributed by atoms with E-state index in [1.54, 1.807) is 0 Å². The summed E-state index contributed by atoms with van der Waals surface area (Å²) in [6, 6.07) is 7.41. The number of hydrogen-bond donors (Lipinski definition) is 2. The zero-order chi connectivity index (χ0) is 16.0. The third-order valence-electron chi connectivity index (χ3n) is 5.01. The van der Waals surface area contributed by atoms with E-state index in [0.29, 0.717) is 22.0 Å². The van der Waals surface area contributed by atoms with Crippen molar-refractivity contribution in [3.05, 3.63) is 29.3 Å². The summed E-state index contributed by atoms with van der Waals surface area (Å²) in [5.74, 6) is 0.827. The van der Waals surface area contributed by atoms with Crippen LogP contribution in [-0.4, -0.2) is 22.1 Å². The van der Waals surface area contributed by atoms with Crippen LogP contribution in [0.1, 0.15) is 19.3 Å². The van der Waals surface area contributed by atoms with Crippen molar-refractivity contribution in [3.8, 4) is 10.6 Å². The number of nitrogens with one attached hydrogen (secondary N) is 1. The van der Waals surface area contributed by atoms with Crippen molar-refractivity contribution in [1.82, 2.24) is 10.2 Å². The van der Waals surface area contributed by atoms with Crippen LogP contribution in [0.15, 0.2) is 24.3 Å². The van der Waals surface area contributed by atoms with Gasteiger partial charge in [-0.25, -0.2) is 0 Å². The van der Waals surface area contributed by atoms with Gasteiger partial charge in [-0.05, 0) is 43.2 Å². The van der Waals surface area contributed by atoms with Crippen LogP contribution in [0, 0.1) is 17.8 Å². The maximum absolute atomic E-state index is 12.5. The average Bonchev–Trinajstić information content (AvgIpc) is 3.22. The third-order valence-corrected chi connectivity index (χ3v) is 6.13. The molecule has 4 rings (SSSR count). The molecule has 1 amide bonds. The first kappa shape index (κ1) is 17.6. The highest BCUT2D eigenvalue weighted by atomic mass is 35.5. The van der Waals surface area contributed by atoms with Crippen LogP contribution < -0.4 is 11.1 Å². The van der Waals surface area contributed by atoms with Crippen LogP contribution in [0.2, 0.25) is 5.02 Å². The Labute approximate surface area is 155 Å². The number of benzene rings is 1. The van der Waals surface area contributed by atoms with Crippen molar-refractivity contribution in [2.45, 2.75) is 25.3 Å². The van der Waals surface area contributed by atoms with Gasteiger partial charge in [0.15, 0.2) is 0 Å². The Kier molecular flexibility index (Phi) is 5.11. The summed E-state index contributed by atoms with van der Waals surface area (Å²) in [5, 5.41) is 13.0. The first-order valence-electron chi connectivity index (χ1n) is 7.77. The van der Waals surface area contributed by atoms with E-state index in [1.807, 2.05) is 24.3 Å². The van der Waals surface area contributed by atoms with Crippen LogP contribution in [-0.2, 0) is 4.79 Å². The van der Waals surface area contributed by atoms with E-state index in [-0.39, 0.29) is 30.3 Å². The van der Waals surface area contributed by atoms with E-state index in [4.69, 9.17) is 17.3 Å². The second-order valence-corrected chi connectivity index (χ2v) is 7.76. The predicted molar refractivity (Wildman–Crippen MR) is 98.5 cm³/mol. The van der Waals surface area contributed by atoms with Gasteiger partial charge in [0.2, 0.25) is 11.0 Å². The topological polar surface area (TPSA) is 80.9 Å². The van der Waals surface area contributed by atoms with Gasteiger partial charge in [-0.1, -0.05) is 35.1 Å². The first-order valence-corrected chi connectivity index (χ1v) is 8.97. The van der Waals surface area contributed by atoms with E-state index >= 15 is 0 Å². The lowest BCUT2D eigenvalue weighted by molar-refractivity contribution is -0.121. The molecular formula is C16H18Cl2N4OS. The number of aromatic nitrogens is 2. The number of amides is 1. The van der Waals surface area contributed by atoms with Crippen molar-refractivity contribution in [2.24, 2.45) is 23.5 Å². The number of nitrogens with two attached hydrogens (primary N) is 1. The summed E-state index contributed by atoms with van der Waals surface area (Å²) in [4.78, 5) is 12.5. The molecule has 2 aromatic rings. The number of halogens is 2. The predicted octanol–water partition coefficient (Wildman–Crippen LogP) is 3.59. The summed E-state index contributed by atoms with van der Waals surface area (Å²) in [6.45, 7) is 0. The summed E-state index contributed by atoms with van der Waals surface area (Å²) in [7, 11) is 0. The molecule has 2 aliphatic rings. The highest BCUT2D eigenvalue weighted by Gasteiger charge is 2.49. The normalized spacial score (nSPS) is 27.8. The number of nitrogens with zero attached hydrogens (tertiary/aromatic N) is 2. The summed E-state index contributed by atoms with van der Waals surface area (Å²) < 4.78 is 0. The van der Waals surface area contributed by atoms with Gasteiger partial charge in [-0.2, -0.15) is 0 Å². The largest absolute Gasteiger partial charge is 0.327 e.